The van der Waals surface area contributed by atoms with Gasteiger partial charge >= 0.3 is 17.9 Å². The molecule has 0 unspecified atom stereocenters. The number of aromatic carboxylic acids is 1. The van der Waals surface area contributed by atoms with E-state index in [4.69, 9.17) is 5.11 Å². The summed E-state index contributed by atoms with van der Waals surface area (Å²) >= 11 is 0. The minimum Gasteiger partial charge on any atom is -0.476 e. The zero-order valence-corrected chi connectivity index (χ0v) is 6.68. The van der Waals surface area contributed by atoms with Gasteiger partial charge < -0.3 is 9.84 Å². The molecule has 0 spiro atoms. The van der Waals surface area contributed by atoms with Crippen LogP contribution in [0.15, 0.2) is 12.3 Å². The molecule has 1 aliphatic rings. The molecule has 1 N–H and O–H groups in total. The van der Waals surface area contributed by atoms with Crippen LogP contribution in [0, 0.1) is 0 Å². The highest BCUT2D eigenvalue weighted by Crippen LogP contribution is 2.21. The third-order valence-corrected chi connectivity index (χ3v) is 1.76. The van der Waals surface area contributed by atoms with Gasteiger partial charge in [0.2, 0.25) is 0 Å². The molecule has 6 heteroatoms. The van der Waals surface area contributed by atoms with Gasteiger partial charge in [0.15, 0.2) is 5.69 Å². The number of pyridine rings is 1. The van der Waals surface area contributed by atoms with Crippen LogP contribution in [0.4, 0.5) is 0 Å². The highest BCUT2D eigenvalue weighted by molar-refractivity contribution is 6.18. The number of carboxylic acids is 1. The van der Waals surface area contributed by atoms with Gasteiger partial charge in [-0.25, -0.2) is 19.4 Å². The number of rotatable bonds is 1. The summed E-state index contributed by atoms with van der Waals surface area (Å²) in [6.07, 6.45) is 1.14. The zero-order chi connectivity index (χ0) is 10.3. The Labute approximate surface area is 77.1 Å². The quantitative estimate of drug-likeness (QED) is 0.501. The lowest BCUT2D eigenvalue weighted by molar-refractivity contribution is 0.0439. The van der Waals surface area contributed by atoms with Crippen LogP contribution in [0.25, 0.3) is 0 Å². The lowest BCUT2D eigenvalue weighted by Gasteiger charge is -1.96. The number of ether oxygens (including phenoxy) is 1. The molecule has 0 amide bonds. The van der Waals surface area contributed by atoms with Gasteiger partial charge in [0, 0.05) is 6.20 Å². The number of carbonyl (C=O) groups is 3. The molecule has 1 aromatic heterocycles. The Balaban J connectivity index is 2.74. The Morgan fingerprint density at radius 3 is 2.71 bits per heavy atom. The van der Waals surface area contributed by atoms with Crippen molar-refractivity contribution in [2.75, 3.05) is 0 Å². The number of hydrogen-bond donors (Lipinski definition) is 1. The van der Waals surface area contributed by atoms with E-state index in [9.17, 15) is 14.4 Å². The van der Waals surface area contributed by atoms with E-state index in [2.05, 4.69) is 9.72 Å². The van der Waals surface area contributed by atoms with Gasteiger partial charge in [0.25, 0.3) is 0 Å². The second kappa shape index (κ2) is 2.63. The molecular formula is C8H3NO5. The molecule has 0 fully saturated rings. The third kappa shape index (κ3) is 0.972. The fraction of sp³-hybridized carbons (Fsp3) is 0. The molecule has 14 heavy (non-hydrogen) atoms. The van der Waals surface area contributed by atoms with Crippen molar-refractivity contribution in [3.8, 4) is 0 Å². The Hall–Kier alpha value is -2.24. The molecule has 0 saturated carbocycles. The summed E-state index contributed by atoms with van der Waals surface area (Å²) in [6.45, 7) is 0. The van der Waals surface area contributed by atoms with E-state index in [1.54, 1.807) is 0 Å². The van der Waals surface area contributed by atoms with Gasteiger partial charge in [0.1, 0.15) is 5.56 Å². The summed E-state index contributed by atoms with van der Waals surface area (Å²) in [5.41, 5.74) is -0.786. The number of fused-ring (bicyclic) bond motifs is 1. The number of esters is 2. The van der Waals surface area contributed by atoms with E-state index < -0.39 is 23.6 Å². The van der Waals surface area contributed by atoms with Crippen LogP contribution in [0.2, 0.25) is 0 Å². The van der Waals surface area contributed by atoms with Crippen molar-refractivity contribution in [2.24, 2.45) is 0 Å². The van der Waals surface area contributed by atoms with Crippen molar-refractivity contribution in [3.63, 3.8) is 0 Å². The summed E-state index contributed by atoms with van der Waals surface area (Å²) in [4.78, 5) is 36.2. The van der Waals surface area contributed by atoms with Gasteiger partial charge in [0.05, 0.1) is 5.56 Å². The first kappa shape index (κ1) is 8.36. The Morgan fingerprint density at radius 1 is 1.36 bits per heavy atom. The van der Waals surface area contributed by atoms with E-state index in [1.165, 1.54) is 6.07 Å². The average Bonchev–Trinajstić information content (AvgIpc) is 2.43. The number of carbonyl (C=O) groups excluding carboxylic acids is 2. The topological polar surface area (TPSA) is 93.6 Å². The van der Waals surface area contributed by atoms with Gasteiger partial charge in [-0.1, -0.05) is 0 Å². The first-order valence-electron chi connectivity index (χ1n) is 3.60. The molecule has 0 saturated heterocycles. The Bertz CT molecular complexity index is 465. The summed E-state index contributed by atoms with van der Waals surface area (Å²) in [5.74, 6) is -3.17. The second-order valence-corrected chi connectivity index (χ2v) is 2.56. The van der Waals surface area contributed by atoms with Crippen molar-refractivity contribution in [1.82, 2.24) is 4.98 Å². The van der Waals surface area contributed by atoms with Crippen molar-refractivity contribution in [1.29, 1.82) is 0 Å². The SMILES string of the molecule is O=C1OC(=O)c2c1ccnc2C(=O)O. The van der Waals surface area contributed by atoms with Crippen LogP contribution in [0.1, 0.15) is 31.2 Å². The number of hydrogen-bond acceptors (Lipinski definition) is 5. The van der Waals surface area contributed by atoms with Crippen LogP contribution >= 0.6 is 0 Å². The summed E-state index contributed by atoms with van der Waals surface area (Å²) in [7, 11) is 0. The standard InChI is InChI=1S/C8H3NO5/c10-6(11)5-4-3(1-2-9-5)7(12)14-8(4)13/h1-2H,(H,10,11). The highest BCUT2D eigenvalue weighted by Gasteiger charge is 2.34. The predicted molar refractivity (Wildman–Crippen MR) is 40.9 cm³/mol. The molecule has 1 aromatic rings. The maximum absolute atomic E-state index is 11.1. The van der Waals surface area contributed by atoms with Crippen LogP contribution in [0.3, 0.4) is 0 Å². The molecule has 6 nitrogen and oxygen atoms in total. The van der Waals surface area contributed by atoms with E-state index in [1.807, 2.05) is 0 Å². The molecule has 0 bridgehead atoms. The molecule has 0 radical (unpaired) electrons. The fourth-order valence-corrected chi connectivity index (χ4v) is 1.19. The number of aromatic nitrogens is 1. The summed E-state index contributed by atoms with van der Waals surface area (Å²) < 4.78 is 4.24. The molecule has 0 aromatic carbocycles. The molecule has 2 rings (SSSR count). The first-order valence-corrected chi connectivity index (χ1v) is 3.60. The third-order valence-electron chi connectivity index (χ3n) is 1.76. The number of carboxylic acid groups (broad SMARTS) is 1. The van der Waals surface area contributed by atoms with Crippen molar-refractivity contribution < 1.29 is 24.2 Å². The van der Waals surface area contributed by atoms with Crippen molar-refractivity contribution in [2.45, 2.75) is 0 Å². The Morgan fingerprint density at radius 2 is 2.07 bits per heavy atom. The van der Waals surface area contributed by atoms with Gasteiger partial charge in [-0.15, -0.1) is 0 Å². The second-order valence-electron chi connectivity index (χ2n) is 2.56. The van der Waals surface area contributed by atoms with E-state index in [0.717, 1.165) is 6.20 Å². The molecule has 70 valence electrons. The van der Waals surface area contributed by atoms with Crippen LogP contribution < -0.4 is 0 Å². The summed E-state index contributed by atoms with van der Waals surface area (Å²) in [5, 5.41) is 8.67. The van der Waals surface area contributed by atoms with Gasteiger partial charge in [-0.05, 0) is 6.07 Å². The minimum atomic E-state index is -1.37. The predicted octanol–water partition coefficient (Wildman–Crippen LogP) is 0.0904. The van der Waals surface area contributed by atoms with E-state index in [-0.39, 0.29) is 11.1 Å². The molecule has 1 aliphatic heterocycles. The largest absolute Gasteiger partial charge is 0.476 e. The first-order chi connectivity index (χ1) is 6.61. The van der Waals surface area contributed by atoms with Crippen LogP contribution in [-0.4, -0.2) is 28.0 Å². The molecule has 0 aliphatic carbocycles. The monoisotopic (exact) mass is 193 g/mol. The maximum Gasteiger partial charge on any atom is 0.355 e. The van der Waals surface area contributed by atoms with E-state index >= 15 is 0 Å². The fourth-order valence-electron chi connectivity index (χ4n) is 1.19. The Kier molecular flexibility index (Phi) is 1.57. The minimum absolute atomic E-state index is 0.0533. The van der Waals surface area contributed by atoms with Gasteiger partial charge in [-0.2, -0.15) is 0 Å². The maximum atomic E-state index is 11.1. The van der Waals surface area contributed by atoms with E-state index in [0.29, 0.717) is 0 Å². The molecule has 0 atom stereocenters. The van der Waals surface area contributed by atoms with Crippen LogP contribution in [-0.2, 0) is 4.74 Å². The van der Waals surface area contributed by atoms with Crippen molar-refractivity contribution >= 4 is 17.9 Å². The normalized spacial score (nSPS) is 13.7. The zero-order valence-electron chi connectivity index (χ0n) is 6.68. The van der Waals surface area contributed by atoms with Crippen LogP contribution in [0.5, 0.6) is 0 Å². The number of nitrogens with zero attached hydrogens (tertiary/aromatic N) is 1. The molecular weight excluding hydrogens is 190 g/mol. The average molecular weight is 193 g/mol. The lowest BCUT2D eigenvalue weighted by atomic mass is 10.1. The summed E-state index contributed by atoms with van der Waals surface area (Å²) in [6, 6.07) is 1.25. The number of cyclic esters (lactones) is 2. The van der Waals surface area contributed by atoms with Crippen molar-refractivity contribution in [3.05, 3.63) is 29.1 Å². The molecule has 2 heterocycles. The van der Waals surface area contributed by atoms with Gasteiger partial charge in [-0.3, -0.25) is 0 Å². The highest BCUT2D eigenvalue weighted by atomic mass is 16.6. The smallest absolute Gasteiger partial charge is 0.355 e. The lowest BCUT2D eigenvalue weighted by Crippen LogP contribution is -2.08.